The second kappa shape index (κ2) is 4.29. The smallest absolute Gasteiger partial charge is 0.356 e. The highest BCUT2D eigenvalue weighted by molar-refractivity contribution is 5.85. The molecule has 0 saturated heterocycles. The maximum absolute atomic E-state index is 10.7. The first kappa shape index (κ1) is 11.2. The van der Waals surface area contributed by atoms with E-state index in [-0.39, 0.29) is 11.7 Å². The fourth-order valence-electron chi connectivity index (χ4n) is 1.36. The maximum Gasteiger partial charge on any atom is 0.356 e. The van der Waals surface area contributed by atoms with Crippen molar-refractivity contribution in [2.24, 2.45) is 7.05 Å². The van der Waals surface area contributed by atoms with Crippen LogP contribution in [0.25, 0.3) is 0 Å². The van der Waals surface area contributed by atoms with Crippen LogP contribution < -0.4 is 4.74 Å². The lowest BCUT2D eigenvalue weighted by Crippen LogP contribution is -1.95. The van der Waals surface area contributed by atoms with E-state index in [1.165, 1.54) is 10.8 Å². The zero-order valence-corrected chi connectivity index (χ0v) is 9.54. The van der Waals surface area contributed by atoms with E-state index in [0.29, 0.717) is 5.75 Å². The number of benzene rings is 1. The van der Waals surface area contributed by atoms with Gasteiger partial charge in [0.2, 0.25) is 0 Å². The zero-order valence-electron chi connectivity index (χ0n) is 9.54. The van der Waals surface area contributed by atoms with Crippen molar-refractivity contribution in [3.63, 3.8) is 0 Å². The van der Waals surface area contributed by atoms with Crippen molar-refractivity contribution in [2.75, 3.05) is 0 Å². The summed E-state index contributed by atoms with van der Waals surface area (Å²) in [5, 5.41) is 8.79. The van der Waals surface area contributed by atoms with E-state index in [2.05, 4.69) is 4.98 Å². The number of carboxylic acids is 1. The molecule has 2 aromatic rings. The molecule has 17 heavy (non-hydrogen) atoms. The molecule has 0 aliphatic carbocycles. The van der Waals surface area contributed by atoms with Crippen molar-refractivity contribution in [3.8, 4) is 11.8 Å². The van der Waals surface area contributed by atoms with Crippen molar-refractivity contribution in [1.82, 2.24) is 9.55 Å². The highest BCUT2D eigenvalue weighted by atomic mass is 16.5. The number of nitrogens with zero attached hydrogens (tertiary/aromatic N) is 2. The number of aromatic carboxylic acids is 1. The molecule has 5 nitrogen and oxygen atoms in total. The molecule has 0 amide bonds. The quantitative estimate of drug-likeness (QED) is 0.881. The standard InChI is InChI=1S/C12H12N2O3/c1-8-3-5-9(6-4-8)17-12-13-10(11(15)16)7-14(12)2/h3-7H,1-2H3,(H,15,16). The fourth-order valence-corrected chi connectivity index (χ4v) is 1.36. The summed E-state index contributed by atoms with van der Waals surface area (Å²) in [5.74, 6) is -0.444. The van der Waals surface area contributed by atoms with Gasteiger partial charge in [0.1, 0.15) is 5.75 Å². The SMILES string of the molecule is Cc1ccc(Oc2nc(C(=O)O)cn2C)cc1. The molecule has 0 spiro atoms. The Morgan fingerprint density at radius 3 is 2.53 bits per heavy atom. The Bertz CT molecular complexity index is 543. The van der Waals surface area contributed by atoms with Gasteiger partial charge >= 0.3 is 12.0 Å². The van der Waals surface area contributed by atoms with E-state index in [1.54, 1.807) is 7.05 Å². The number of aromatic nitrogens is 2. The number of hydrogen-bond acceptors (Lipinski definition) is 3. The molecule has 0 unspecified atom stereocenters. The van der Waals surface area contributed by atoms with Gasteiger partial charge in [-0.2, -0.15) is 4.98 Å². The van der Waals surface area contributed by atoms with Crippen molar-refractivity contribution in [3.05, 3.63) is 41.7 Å². The van der Waals surface area contributed by atoms with Crippen LogP contribution in [0.3, 0.4) is 0 Å². The van der Waals surface area contributed by atoms with Crippen LogP contribution in [0.4, 0.5) is 0 Å². The third-order valence-electron chi connectivity index (χ3n) is 2.28. The van der Waals surface area contributed by atoms with Gasteiger partial charge in [-0.15, -0.1) is 0 Å². The van der Waals surface area contributed by atoms with E-state index in [4.69, 9.17) is 9.84 Å². The molecule has 0 atom stereocenters. The molecule has 1 heterocycles. The van der Waals surface area contributed by atoms with Gasteiger partial charge in [-0.1, -0.05) is 17.7 Å². The Morgan fingerprint density at radius 2 is 2.00 bits per heavy atom. The van der Waals surface area contributed by atoms with Gasteiger partial charge in [0.25, 0.3) is 0 Å². The molecule has 1 aromatic carbocycles. The molecule has 0 radical (unpaired) electrons. The summed E-state index contributed by atoms with van der Waals surface area (Å²) in [6.45, 7) is 1.98. The molecular formula is C12H12N2O3. The van der Waals surface area contributed by atoms with Gasteiger partial charge in [-0.3, -0.25) is 0 Å². The Morgan fingerprint density at radius 1 is 1.35 bits per heavy atom. The highest BCUT2D eigenvalue weighted by Gasteiger charge is 2.12. The summed E-state index contributed by atoms with van der Waals surface area (Å²) in [4.78, 5) is 14.6. The van der Waals surface area contributed by atoms with Crippen LogP contribution in [0.5, 0.6) is 11.8 Å². The molecule has 1 N–H and O–H groups in total. The van der Waals surface area contributed by atoms with Crippen molar-refractivity contribution in [1.29, 1.82) is 0 Å². The maximum atomic E-state index is 10.7. The lowest BCUT2D eigenvalue weighted by Gasteiger charge is -2.04. The van der Waals surface area contributed by atoms with Crippen molar-refractivity contribution in [2.45, 2.75) is 6.92 Å². The van der Waals surface area contributed by atoms with Crippen molar-refractivity contribution < 1.29 is 14.6 Å². The van der Waals surface area contributed by atoms with Gasteiger partial charge in [-0.25, -0.2) is 4.79 Å². The van der Waals surface area contributed by atoms with Crippen LogP contribution in [0.15, 0.2) is 30.5 Å². The van der Waals surface area contributed by atoms with E-state index < -0.39 is 5.97 Å². The van der Waals surface area contributed by atoms with Gasteiger partial charge in [0.15, 0.2) is 5.69 Å². The number of carboxylic acid groups (broad SMARTS) is 1. The topological polar surface area (TPSA) is 64.3 Å². The fraction of sp³-hybridized carbons (Fsp3) is 0.167. The van der Waals surface area contributed by atoms with E-state index in [1.807, 2.05) is 31.2 Å². The minimum absolute atomic E-state index is 0.0328. The highest BCUT2D eigenvalue weighted by Crippen LogP contribution is 2.20. The van der Waals surface area contributed by atoms with E-state index >= 15 is 0 Å². The number of rotatable bonds is 3. The van der Waals surface area contributed by atoms with Gasteiger partial charge in [0, 0.05) is 13.2 Å². The monoisotopic (exact) mass is 232 g/mol. The summed E-state index contributed by atoms with van der Waals surface area (Å²) >= 11 is 0. The summed E-state index contributed by atoms with van der Waals surface area (Å²) in [6, 6.07) is 7.70. The van der Waals surface area contributed by atoms with Gasteiger partial charge in [-0.05, 0) is 19.1 Å². The second-order valence-corrected chi connectivity index (χ2v) is 3.74. The Hall–Kier alpha value is -2.30. The first-order valence-electron chi connectivity index (χ1n) is 5.07. The number of imidazole rings is 1. The number of ether oxygens (including phenoxy) is 1. The zero-order chi connectivity index (χ0) is 12.4. The third kappa shape index (κ3) is 2.44. The summed E-state index contributed by atoms with van der Waals surface area (Å²) in [5.41, 5.74) is 1.10. The van der Waals surface area contributed by atoms with Crippen LogP contribution in [-0.4, -0.2) is 20.6 Å². The molecule has 0 aliphatic rings. The molecule has 88 valence electrons. The molecular weight excluding hydrogens is 220 g/mol. The molecule has 0 aliphatic heterocycles. The average Bonchev–Trinajstić information content (AvgIpc) is 2.64. The number of hydrogen-bond donors (Lipinski definition) is 1. The summed E-state index contributed by atoms with van der Waals surface area (Å²) in [7, 11) is 1.68. The lowest BCUT2D eigenvalue weighted by atomic mass is 10.2. The van der Waals surface area contributed by atoms with Crippen LogP contribution in [0.2, 0.25) is 0 Å². The van der Waals surface area contributed by atoms with Crippen LogP contribution >= 0.6 is 0 Å². The summed E-state index contributed by atoms with van der Waals surface area (Å²) < 4.78 is 7.01. The predicted molar refractivity (Wildman–Crippen MR) is 61.4 cm³/mol. The first-order valence-corrected chi connectivity index (χ1v) is 5.07. The Kier molecular flexibility index (Phi) is 2.82. The average molecular weight is 232 g/mol. The third-order valence-corrected chi connectivity index (χ3v) is 2.28. The molecule has 5 heteroatoms. The van der Waals surface area contributed by atoms with Gasteiger partial charge < -0.3 is 14.4 Å². The van der Waals surface area contributed by atoms with E-state index in [0.717, 1.165) is 5.56 Å². The number of carbonyl (C=O) groups is 1. The van der Waals surface area contributed by atoms with Crippen LogP contribution in [0.1, 0.15) is 16.1 Å². The summed E-state index contributed by atoms with van der Waals surface area (Å²) in [6.07, 6.45) is 1.41. The molecule has 0 bridgehead atoms. The minimum Gasteiger partial charge on any atom is -0.476 e. The normalized spacial score (nSPS) is 10.2. The van der Waals surface area contributed by atoms with Crippen LogP contribution in [0, 0.1) is 6.92 Å². The minimum atomic E-state index is -1.07. The van der Waals surface area contributed by atoms with Crippen LogP contribution in [-0.2, 0) is 7.05 Å². The Balaban J connectivity index is 2.24. The first-order chi connectivity index (χ1) is 8.06. The predicted octanol–water partition coefficient (Wildman–Crippen LogP) is 2.22. The Labute approximate surface area is 98.3 Å². The molecule has 2 rings (SSSR count). The largest absolute Gasteiger partial charge is 0.476 e. The van der Waals surface area contributed by atoms with Gasteiger partial charge in [0.05, 0.1) is 0 Å². The molecule has 0 saturated carbocycles. The van der Waals surface area contributed by atoms with E-state index in [9.17, 15) is 4.79 Å². The molecule has 0 fully saturated rings. The number of aryl methyl sites for hydroxylation is 2. The van der Waals surface area contributed by atoms with Crippen molar-refractivity contribution >= 4 is 5.97 Å². The lowest BCUT2D eigenvalue weighted by molar-refractivity contribution is 0.0690. The molecule has 1 aromatic heterocycles. The second-order valence-electron chi connectivity index (χ2n) is 3.74.